The largest absolute Gasteiger partial charge is 0.481 e. The summed E-state index contributed by atoms with van der Waals surface area (Å²) in [5, 5.41) is 22.7. The van der Waals surface area contributed by atoms with Crippen molar-refractivity contribution in [1.29, 1.82) is 0 Å². The van der Waals surface area contributed by atoms with Crippen LogP contribution in [0.1, 0.15) is 76.0 Å². The van der Waals surface area contributed by atoms with Crippen molar-refractivity contribution in [1.82, 2.24) is 0 Å². The van der Waals surface area contributed by atoms with Crippen molar-refractivity contribution in [3.05, 3.63) is 108 Å². The van der Waals surface area contributed by atoms with Crippen LogP contribution in [0, 0.1) is 11.8 Å². The molecule has 1 aliphatic carbocycles. The lowest BCUT2D eigenvalue weighted by Gasteiger charge is -2.43. The fraction of sp³-hybridized carbons (Fsp3) is 0.385. The number of ketones is 1. The molecule has 0 amide bonds. The molecule has 242 valence electrons. The summed E-state index contributed by atoms with van der Waals surface area (Å²) in [6, 6.07) is 31.0. The van der Waals surface area contributed by atoms with E-state index >= 15 is 0 Å². The van der Waals surface area contributed by atoms with Crippen LogP contribution in [-0.2, 0) is 9.59 Å². The lowest BCUT2D eigenvalue weighted by atomic mass is 9.82. The Bertz CT molecular complexity index is 1560. The zero-order valence-corrected chi connectivity index (χ0v) is 28.7. The molecule has 0 bridgehead atoms. The zero-order valence-electron chi connectivity index (χ0n) is 26.8. The molecule has 5 nitrogen and oxygen atoms in total. The average Bonchev–Trinajstić information content (AvgIpc) is 3.60. The topological polar surface area (TPSA) is 94.8 Å². The van der Waals surface area contributed by atoms with Gasteiger partial charge in [0.15, 0.2) is 0 Å². The minimum absolute atomic E-state index is 0.112. The fourth-order valence-corrected chi connectivity index (χ4v) is 12.4. The van der Waals surface area contributed by atoms with Crippen molar-refractivity contribution < 1.29 is 24.6 Å². The number of allylic oxidation sites excluding steroid dienone is 2. The molecule has 0 spiro atoms. The van der Waals surface area contributed by atoms with Crippen LogP contribution in [0.4, 0.5) is 0 Å². The normalized spacial score (nSPS) is 19.7. The summed E-state index contributed by atoms with van der Waals surface area (Å²) >= 11 is 1.81. The summed E-state index contributed by atoms with van der Waals surface area (Å²) in [7, 11) is -3.24. The van der Waals surface area contributed by atoms with Crippen molar-refractivity contribution in [2.24, 2.45) is 11.8 Å². The molecule has 3 aromatic carbocycles. The molecule has 1 heterocycles. The first-order valence-corrected chi connectivity index (χ1v) is 19.3. The van der Waals surface area contributed by atoms with E-state index < -0.39 is 25.4 Å². The smallest absolute Gasteiger partial charge is 0.303 e. The van der Waals surface area contributed by atoms with E-state index in [-0.39, 0.29) is 36.4 Å². The number of rotatable bonds is 15. The molecule has 0 saturated heterocycles. The molecule has 0 aliphatic heterocycles. The molecule has 4 aromatic rings. The van der Waals surface area contributed by atoms with Gasteiger partial charge in [-0.05, 0) is 83.3 Å². The van der Waals surface area contributed by atoms with Crippen LogP contribution in [0.3, 0.4) is 0 Å². The third kappa shape index (κ3) is 7.60. The van der Waals surface area contributed by atoms with E-state index in [4.69, 9.17) is 5.11 Å². The Balaban J connectivity index is 1.42. The molecule has 1 saturated carbocycles. The van der Waals surface area contributed by atoms with Gasteiger partial charge >= 0.3 is 5.97 Å². The van der Waals surface area contributed by atoms with E-state index in [1.807, 2.05) is 59.9 Å². The van der Waals surface area contributed by atoms with E-state index in [0.29, 0.717) is 19.3 Å². The molecule has 4 atom stereocenters. The van der Waals surface area contributed by atoms with Crippen molar-refractivity contribution >= 4 is 51.9 Å². The van der Waals surface area contributed by atoms with E-state index in [0.717, 1.165) is 29.6 Å². The third-order valence-corrected chi connectivity index (χ3v) is 15.7. The molecule has 1 fully saturated rings. The minimum Gasteiger partial charge on any atom is -0.481 e. The predicted molar refractivity (Wildman–Crippen MR) is 190 cm³/mol. The summed E-state index contributed by atoms with van der Waals surface area (Å²) in [5.41, 5.74) is 0. The van der Waals surface area contributed by atoms with E-state index in [1.165, 1.54) is 15.0 Å². The number of benzene rings is 3. The number of carboxylic acid groups (broad SMARTS) is 1. The molecular weight excluding hydrogens is 609 g/mol. The number of aliphatic hydroxyl groups is 1. The van der Waals surface area contributed by atoms with E-state index in [1.54, 1.807) is 0 Å². The number of carbonyl (C=O) groups excluding carboxylic acids is 1. The maximum Gasteiger partial charge on any atom is 0.303 e. The first-order valence-electron chi connectivity index (χ1n) is 16.5. The number of Topliss-reactive ketones (excluding diaryl/α,β-unsaturated/α-hetero) is 1. The van der Waals surface area contributed by atoms with Crippen LogP contribution in [0.5, 0.6) is 0 Å². The molecule has 0 radical (unpaired) electrons. The number of aliphatic carboxylic acids is 1. The van der Waals surface area contributed by atoms with Crippen LogP contribution in [-0.4, -0.2) is 41.2 Å². The number of aliphatic hydroxyl groups excluding tert-OH is 1. The van der Waals surface area contributed by atoms with E-state index in [9.17, 15) is 19.5 Å². The second-order valence-electron chi connectivity index (χ2n) is 13.5. The molecule has 3 N–H and O–H groups in total. The molecule has 5 rings (SSSR count). The maximum absolute atomic E-state index is 13.0. The molecular formula is C39H46O5SSi. The summed E-state index contributed by atoms with van der Waals surface area (Å²) in [6.07, 6.45) is 7.73. The quantitative estimate of drug-likeness (QED) is 0.0703. The van der Waals surface area contributed by atoms with Gasteiger partial charge in [-0.3, -0.25) is 9.59 Å². The summed E-state index contributed by atoms with van der Waals surface area (Å²) < 4.78 is 1.24. The van der Waals surface area contributed by atoms with Crippen molar-refractivity contribution in [3.8, 4) is 0 Å². The van der Waals surface area contributed by atoms with Gasteiger partial charge in [0.05, 0.1) is 6.10 Å². The van der Waals surface area contributed by atoms with Gasteiger partial charge in [0, 0.05) is 28.3 Å². The van der Waals surface area contributed by atoms with Gasteiger partial charge in [-0.15, -0.1) is 11.3 Å². The number of hydrogen-bond donors (Lipinski definition) is 3. The highest BCUT2D eigenvalue weighted by Gasteiger charge is 2.51. The standard InChI is InChI=1S/C39H46O5SSi/c1-39(2,46(44,30-16-7-5-8-17-30)31-18-9-6-10-19-31)27-29(37-25-28-15-13-14-21-36(28)45-37)23-24-33-32(34(40)26-35(33)41)20-11-3-4-12-22-38(42)43/h3,5-11,13-19,21,25,29,32-33,35,41,44H,4,12,20,22-24,26-27H2,1-2H3,(H,42,43)/b11-3-/t29-,32+,33+,35+/m0/s1. The van der Waals surface area contributed by atoms with Gasteiger partial charge in [-0.2, -0.15) is 0 Å². The number of thiophene rings is 1. The molecule has 1 aliphatic rings. The van der Waals surface area contributed by atoms with Crippen LogP contribution < -0.4 is 10.4 Å². The summed E-state index contributed by atoms with van der Waals surface area (Å²) in [4.78, 5) is 38.0. The number of carboxylic acids is 1. The number of unbranched alkanes of at least 4 members (excludes halogenated alkanes) is 1. The lowest BCUT2D eigenvalue weighted by molar-refractivity contribution is -0.137. The number of carbonyl (C=O) groups is 2. The number of hydrogen-bond acceptors (Lipinski definition) is 5. The highest BCUT2D eigenvalue weighted by molar-refractivity contribution is 7.19. The van der Waals surface area contributed by atoms with Gasteiger partial charge < -0.3 is 15.0 Å². The Labute approximate surface area is 277 Å². The van der Waals surface area contributed by atoms with Gasteiger partial charge in [-0.25, -0.2) is 0 Å². The Morgan fingerprint density at radius 3 is 2.24 bits per heavy atom. The summed E-state index contributed by atoms with van der Waals surface area (Å²) in [5.74, 6) is -0.917. The van der Waals surface area contributed by atoms with Gasteiger partial charge in [0.25, 0.3) is 8.32 Å². The Hall–Kier alpha value is -3.36. The summed E-state index contributed by atoms with van der Waals surface area (Å²) in [6.45, 7) is 4.43. The molecule has 7 heteroatoms. The van der Waals surface area contributed by atoms with Crippen molar-refractivity contribution in [2.45, 2.75) is 82.3 Å². The van der Waals surface area contributed by atoms with Gasteiger partial charge in [-0.1, -0.05) is 105 Å². The molecule has 46 heavy (non-hydrogen) atoms. The van der Waals surface area contributed by atoms with Crippen LogP contribution in [0.25, 0.3) is 10.1 Å². The first kappa shape index (κ1) is 34.0. The van der Waals surface area contributed by atoms with Gasteiger partial charge in [0.1, 0.15) is 5.78 Å². The first-order chi connectivity index (χ1) is 22.1. The lowest BCUT2D eigenvalue weighted by Crippen LogP contribution is -2.65. The van der Waals surface area contributed by atoms with Crippen molar-refractivity contribution in [3.63, 3.8) is 0 Å². The second-order valence-corrected chi connectivity index (χ2v) is 18.5. The fourth-order valence-electron chi connectivity index (χ4n) is 7.46. The molecule has 0 unspecified atom stereocenters. The average molecular weight is 655 g/mol. The second kappa shape index (κ2) is 15.0. The SMILES string of the molecule is CC(C)(C[C@H](CC[C@H]1[C@H](O)CC(=O)[C@@H]1C/C=C\CCCC(=O)O)c1cc2ccccc2s1)[Si](O)(c1ccccc1)c1ccccc1. The van der Waals surface area contributed by atoms with Gasteiger partial charge in [0.2, 0.25) is 0 Å². The maximum atomic E-state index is 13.0. The Morgan fingerprint density at radius 1 is 0.978 bits per heavy atom. The minimum atomic E-state index is -3.24. The third-order valence-electron chi connectivity index (χ3n) is 9.97. The Kier molecular flexibility index (Phi) is 11.1. The number of fused-ring (bicyclic) bond motifs is 1. The van der Waals surface area contributed by atoms with Crippen LogP contribution >= 0.6 is 11.3 Å². The highest BCUT2D eigenvalue weighted by Crippen LogP contribution is 2.48. The van der Waals surface area contributed by atoms with Crippen LogP contribution in [0.2, 0.25) is 5.04 Å². The Morgan fingerprint density at radius 2 is 1.61 bits per heavy atom. The zero-order chi connectivity index (χ0) is 32.7. The van der Waals surface area contributed by atoms with E-state index in [2.05, 4.69) is 68.4 Å². The highest BCUT2D eigenvalue weighted by atomic mass is 32.1. The monoisotopic (exact) mass is 654 g/mol. The van der Waals surface area contributed by atoms with Crippen molar-refractivity contribution in [2.75, 3.05) is 0 Å². The van der Waals surface area contributed by atoms with Crippen LogP contribution in [0.15, 0.2) is 103 Å². The predicted octanol–water partition coefficient (Wildman–Crippen LogP) is 7.45. The molecule has 1 aromatic heterocycles.